The standard InChI is InChI=1S/C29H38N2O5/c1-18(2)17-35-24-13-10-22(16-20(24)5)27(32)25-26(21-8-11-23(12-9-21)36-19(3)4)31(15-14-30(6)7)29(34)28(25)33/h8-13,16,18-19,26,32H,14-15,17H2,1-7H3/b27-25-. The average molecular weight is 495 g/mol. The first kappa shape index (κ1) is 27.3. The number of hydrogen-bond donors (Lipinski definition) is 1. The van der Waals surface area contributed by atoms with E-state index in [1.165, 1.54) is 0 Å². The van der Waals surface area contributed by atoms with Gasteiger partial charge in [0.05, 0.1) is 24.3 Å². The van der Waals surface area contributed by atoms with Crippen LogP contribution in [0.5, 0.6) is 11.5 Å². The van der Waals surface area contributed by atoms with Crippen molar-refractivity contribution in [1.29, 1.82) is 0 Å². The molecule has 0 bridgehead atoms. The van der Waals surface area contributed by atoms with E-state index in [1.54, 1.807) is 23.1 Å². The van der Waals surface area contributed by atoms with Crippen LogP contribution < -0.4 is 9.47 Å². The predicted molar refractivity (Wildman–Crippen MR) is 141 cm³/mol. The summed E-state index contributed by atoms with van der Waals surface area (Å²) < 4.78 is 11.6. The Labute approximate surface area is 214 Å². The molecule has 7 heteroatoms. The van der Waals surface area contributed by atoms with Crippen molar-refractivity contribution < 1.29 is 24.2 Å². The zero-order chi connectivity index (χ0) is 26.6. The number of ketones is 1. The van der Waals surface area contributed by atoms with Crippen LogP contribution in [0.15, 0.2) is 48.0 Å². The van der Waals surface area contributed by atoms with E-state index in [-0.39, 0.29) is 17.4 Å². The lowest BCUT2D eigenvalue weighted by Crippen LogP contribution is -2.35. The van der Waals surface area contributed by atoms with Gasteiger partial charge in [0.15, 0.2) is 0 Å². The van der Waals surface area contributed by atoms with E-state index in [4.69, 9.17) is 9.47 Å². The molecule has 3 rings (SSSR count). The van der Waals surface area contributed by atoms with Gasteiger partial charge >= 0.3 is 0 Å². The molecule has 1 saturated heterocycles. The Balaban J connectivity index is 2.05. The van der Waals surface area contributed by atoms with E-state index in [2.05, 4.69) is 13.8 Å². The van der Waals surface area contributed by atoms with Crippen molar-refractivity contribution in [3.8, 4) is 11.5 Å². The number of aryl methyl sites for hydroxylation is 1. The van der Waals surface area contributed by atoms with Crippen molar-refractivity contribution in [1.82, 2.24) is 9.80 Å². The van der Waals surface area contributed by atoms with Crippen molar-refractivity contribution in [2.24, 2.45) is 5.92 Å². The summed E-state index contributed by atoms with van der Waals surface area (Å²) in [6, 6.07) is 11.9. The van der Waals surface area contributed by atoms with Crippen LogP contribution in [0.25, 0.3) is 5.76 Å². The molecule has 0 radical (unpaired) electrons. The van der Waals surface area contributed by atoms with Crippen LogP contribution in [0.2, 0.25) is 0 Å². The highest BCUT2D eigenvalue weighted by atomic mass is 16.5. The molecule has 1 unspecified atom stereocenters. The minimum atomic E-state index is -0.699. The van der Waals surface area contributed by atoms with Gasteiger partial charge in [-0.05, 0) is 82.2 Å². The fourth-order valence-corrected chi connectivity index (χ4v) is 4.14. The van der Waals surface area contributed by atoms with Crippen LogP contribution in [0.4, 0.5) is 0 Å². The number of aliphatic hydroxyl groups excluding tert-OH is 1. The van der Waals surface area contributed by atoms with Gasteiger partial charge in [0.25, 0.3) is 11.7 Å². The van der Waals surface area contributed by atoms with Crippen LogP contribution in [-0.2, 0) is 9.59 Å². The lowest BCUT2D eigenvalue weighted by Gasteiger charge is -2.27. The third kappa shape index (κ3) is 6.26. The van der Waals surface area contributed by atoms with E-state index in [0.29, 0.717) is 36.9 Å². The second kappa shape index (κ2) is 11.6. The van der Waals surface area contributed by atoms with Crippen molar-refractivity contribution in [2.75, 3.05) is 33.8 Å². The summed E-state index contributed by atoms with van der Waals surface area (Å²) in [5.41, 5.74) is 2.14. The second-order valence-electron chi connectivity index (χ2n) is 10.2. The molecule has 2 aromatic rings. The fourth-order valence-electron chi connectivity index (χ4n) is 4.14. The molecule has 194 valence electrons. The van der Waals surface area contributed by atoms with Crippen molar-refractivity contribution in [3.05, 3.63) is 64.7 Å². The highest BCUT2D eigenvalue weighted by molar-refractivity contribution is 6.46. The van der Waals surface area contributed by atoms with Crippen LogP contribution in [0.3, 0.4) is 0 Å². The van der Waals surface area contributed by atoms with E-state index >= 15 is 0 Å². The molecule has 1 heterocycles. The minimum absolute atomic E-state index is 0.0253. The number of Topliss-reactive ketones (excluding diaryl/α,β-unsaturated/α-hetero) is 1. The molecular weight excluding hydrogens is 456 g/mol. The number of benzene rings is 2. The molecule has 1 atom stereocenters. The Bertz CT molecular complexity index is 1120. The Morgan fingerprint density at radius 3 is 2.28 bits per heavy atom. The largest absolute Gasteiger partial charge is 0.507 e. The monoisotopic (exact) mass is 494 g/mol. The van der Waals surface area contributed by atoms with Crippen LogP contribution >= 0.6 is 0 Å². The van der Waals surface area contributed by atoms with Gasteiger partial charge < -0.3 is 24.4 Å². The molecule has 36 heavy (non-hydrogen) atoms. The third-order valence-electron chi connectivity index (χ3n) is 5.92. The van der Waals surface area contributed by atoms with Crippen LogP contribution in [0, 0.1) is 12.8 Å². The summed E-state index contributed by atoms with van der Waals surface area (Å²) in [6.07, 6.45) is 0.0253. The summed E-state index contributed by atoms with van der Waals surface area (Å²) in [7, 11) is 3.82. The van der Waals surface area contributed by atoms with E-state index < -0.39 is 17.7 Å². The zero-order valence-corrected chi connectivity index (χ0v) is 22.4. The maximum atomic E-state index is 13.2. The van der Waals surface area contributed by atoms with Gasteiger partial charge in [-0.25, -0.2) is 0 Å². The molecule has 1 N–H and O–H groups in total. The third-order valence-corrected chi connectivity index (χ3v) is 5.92. The molecule has 1 amide bonds. The number of hydrogen-bond acceptors (Lipinski definition) is 6. The topological polar surface area (TPSA) is 79.3 Å². The summed E-state index contributed by atoms with van der Waals surface area (Å²) >= 11 is 0. The van der Waals surface area contributed by atoms with Gasteiger partial charge in [0.1, 0.15) is 17.3 Å². The number of carbonyl (C=O) groups excluding carboxylic acids is 2. The number of rotatable bonds is 10. The minimum Gasteiger partial charge on any atom is -0.507 e. The van der Waals surface area contributed by atoms with Gasteiger partial charge in [-0.2, -0.15) is 0 Å². The number of amides is 1. The maximum Gasteiger partial charge on any atom is 0.295 e. The molecule has 0 aromatic heterocycles. The van der Waals surface area contributed by atoms with Crippen molar-refractivity contribution >= 4 is 17.4 Å². The highest BCUT2D eigenvalue weighted by Gasteiger charge is 2.45. The lowest BCUT2D eigenvalue weighted by molar-refractivity contribution is -0.140. The molecule has 1 aliphatic rings. The smallest absolute Gasteiger partial charge is 0.295 e. The first-order valence-corrected chi connectivity index (χ1v) is 12.4. The molecule has 0 spiro atoms. The van der Waals surface area contributed by atoms with Gasteiger partial charge in [0.2, 0.25) is 0 Å². The first-order valence-electron chi connectivity index (χ1n) is 12.4. The molecular formula is C29H38N2O5. The van der Waals surface area contributed by atoms with Crippen molar-refractivity contribution in [3.63, 3.8) is 0 Å². The Morgan fingerprint density at radius 1 is 1.06 bits per heavy atom. The van der Waals surface area contributed by atoms with Gasteiger partial charge in [-0.1, -0.05) is 26.0 Å². The molecule has 1 fully saturated rings. The number of likely N-dealkylation sites (N-methyl/N-ethyl adjacent to an activating group) is 1. The molecule has 1 aliphatic heterocycles. The predicted octanol–water partition coefficient (Wildman–Crippen LogP) is 4.80. The Kier molecular flexibility index (Phi) is 8.79. The maximum absolute atomic E-state index is 13.2. The van der Waals surface area contributed by atoms with Gasteiger partial charge in [-0.15, -0.1) is 0 Å². The van der Waals surface area contributed by atoms with E-state index in [0.717, 1.165) is 16.9 Å². The Morgan fingerprint density at radius 2 is 1.72 bits per heavy atom. The summed E-state index contributed by atoms with van der Waals surface area (Å²) in [6.45, 7) is 11.5. The molecule has 7 nitrogen and oxygen atoms in total. The first-order chi connectivity index (χ1) is 17.0. The molecule has 0 saturated carbocycles. The number of ether oxygens (including phenoxy) is 2. The average Bonchev–Trinajstić information content (AvgIpc) is 3.06. The number of carbonyl (C=O) groups is 2. The van der Waals surface area contributed by atoms with Crippen LogP contribution in [0.1, 0.15) is 50.4 Å². The summed E-state index contributed by atoms with van der Waals surface area (Å²) in [5.74, 6) is 0.325. The molecule has 0 aliphatic carbocycles. The zero-order valence-electron chi connectivity index (χ0n) is 22.4. The quantitative estimate of drug-likeness (QED) is 0.290. The number of likely N-dealkylation sites (tertiary alicyclic amines) is 1. The van der Waals surface area contributed by atoms with Gasteiger partial charge in [0, 0.05) is 18.7 Å². The van der Waals surface area contributed by atoms with Gasteiger partial charge in [-0.3, -0.25) is 9.59 Å². The van der Waals surface area contributed by atoms with E-state index in [1.807, 2.05) is 64.0 Å². The van der Waals surface area contributed by atoms with Crippen molar-refractivity contribution in [2.45, 2.75) is 46.8 Å². The summed E-state index contributed by atoms with van der Waals surface area (Å²) in [4.78, 5) is 29.8. The highest BCUT2D eigenvalue weighted by Crippen LogP contribution is 2.40. The summed E-state index contributed by atoms with van der Waals surface area (Å²) in [5, 5.41) is 11.3. The number of aliphatic hydroxyl groups is 1. The second-order valence-corrected chi connectivity index (χ2v) is 10.2. The normalized spacial score (nSPS) is 17.5. The molecule has 2 aromatic carbocycles. The van der Waals surface area contributed by atoms with E-state index in [9.17, 15) is 14.7 Å². The Hall–Kier alpha value is -3.32. The number of nitrogens with zero attached hydrogens (tertiary/aromatic N) is 2. The lowest BCUT2D eigenvalue weighted by atomic mass is 9.94. The fraction of sp³-hybridized carbons (Fsp3) is 0.448. The van der Waals surface area contributed by atoms with Crippen LogP contribution in [-0.4, -0.2) is 66.5 Å². The SMILES string of the molecule is Cc1cc(/C(O)=C2/C(=O)C(=O)N(CCN(C)C)C2c2ccc(OC(C)C)cc2)ccc1OCC(C)C.